The van der Waals surface area contributed by atoms with E-state index in [4.69, 9.17) is 28.8 Å². The molecular formula is C15H23NO8. The molecule has 0 spiro atoms. The normalized spacial score (nSPS) is 19.2. The Hall–Kier alpha value is -2.39. The molecule has 24 heavy (non-hydrogen) atoms. The molecule has 1 amide bonds. The Morgan fingerprint density at radius 1 is 1.00 bits per heavy atom. The molecule has 136 valence electrons. The number of hydrogen-bond acceptors (Lipinski definition) is 7. The quantitative estimate of drug-likeness (QED) is 0.406. The van der Waals surface area contributed by atoms with Crippen LogP contribution in [0.15, 0.2) is 24.3 Å². The van der Waals surface area contributed by atoms with Crippen LogP contribution in [0.4, 0.5) is 4.79 Å². The number of carbonyl (C=O) groups excluding carboxylic acids is 2. The van der Waals surface area contributed by atoms with Crippen LogP contribution < -0.4 is 5.73 Å². The van der Waals surface area contributed by atoms with E-state index in [1.165, 1.54) is 0 Å². The zero-order chi connectivity index (χ0) is 18.7. The van der Waals surface area contributed by atoms with Crippen molar-refractivity contribution in [1.29, 1.82) is 0 Å². The summed E-state index contributed by atoms with van der Waals surface area (Å²) in [6.45, 7) is 12.3. The molecule has 0 aromatic heterocycles. The maximum atomic E-state index is 10.7. The van der Waals surface area contributed by atoms with Gasteiger partial charge in [-0.1, -0.05) is 13.2 Å². The average Bonchev–Trinajstić information content (AvgIpc) is 3.36. The molecule has 3 N–H and O–H groups in total. The van der Waals surface area contributed by atoms with Crippen molar-refractivity contribution < 1.29 is 38.4 Å². The lowest BCUT2D eigenvalue weighted by molar-refractivity contribution is -0.140. The lowest BCUT2D eigenvalue weighted by Gasteiger charge is -1.99. The van der Waals surface area contributed by atoms with Crippen LogP contribution in [0.5, 0.6) is 0 Å². The largest absolute Gasteiger partial charge is 0.465 e. The highest BCUT2D eigenvalue weighted by atomic mass is 16.6. The molecular weight excluding hydrogens is 322 g/mol. The van der Waals surface area contributed by atoms with Gasteiger partial charge in [0.1, 0.15) is 25.4 Å². The third-order valence-electron chi connectivity index (χ3n) is 2.30. The van der Waals surface area contributed by atoms with Crippen LogP contribution in [0.3, 0.4) is 0 Å². The van der Waals surface area contributed by atoms with Gasteiger partial charge in [-0.05, 0) is 13.8 Å². The topological polar surface area (TPSA) is 141 Å². The minimum Gasteiger partial charge on any atom is -0.465 e. The summed E-state index contributed by atoms with van der Waals surface area (Å²) >= 11 is 0. The third-order valence-corrected chi connectivity index (χ3v) is 2.30. The van der Waals surface area contributed by atoms with E-state index in [-0.39, 0.29) is 24.1 Å². The number of esters is 2. The van der Waals surface area contributed by atoms with Crippen LogP contribution in [0.2, 0.25) is 0 Å². The molecule has 2 unspecified atom stereocenters. The molecule has 0 radical (unpaired) electrons. The van der Waals surface area contributed by atoms with E-state index in [0.717, 1.165) is 0 Å². The van der Waals surface area contributed by atoms with Gasteiger partial charge < -0.3 is 29.8 Å². The fourth-order valence-electron chi connectivity index (χ4n) is 0.912. The number of hydrogen-bond donors (Lipinski definition) is 2. The second-order valence-corrected chi connectivity index (χ2v) is 5.01. The number of carbonyl (C=O) groups is 3. The summed E-state index contributed by atoms with van der Waals surface area (Å²) in [5, 5.41) is 7.19. The van der Waals surface area contributed by atoms with Gasteiger partial charge in [-0.15, -0.1) is 0 Å². The van der Waals surface area contributed by atoms with Crippen molar-refractivity contribution in [2.75, 3.05) is 26.4 Å². The minimum absolute atomic E-state index is 0.142. The first-order valence-electron chi connectivity index (χ1n) is 7.00. The van der Waals surface area contributed by atoms with Crippen LogP contribution >= 0.6 is 0 Å². The molecule has 2 rings (SSSR count). The summed E-state index contributed by atoms with van der Waals surface area (Å²) in [5.74, 6) is -0.675. The summed E-state index contributed by atoms with van der Waals surface area (Å²) < 4.78 is 19.2. The van der Waals surface area contributed by atoms with Gasteiger partial charge >= 0.3 is 18.0 Å². The third kappa shape index (κ3) is 14.5. The number of carboxylic acid groups (broad SMARTS) is 1. The fourth-order valence-corrected chi connectivity index (χ4v) is 0.912. The Bertz CT molecular complexity index is 438. The molecule has 0 saturated carbocycles. The van der Waals surface area contributed by atoms with Crippen molar-refractivity contribution in [3.8, 4) is 0 Å². The van der Waals surface area contributed by atoms with Gasteiger partial charge in [-0.3, -0.25) is 0 Å². The van der Waals surface area contributed by atoms with Crippen LogP contribution in [0, 0.1) is 0 Å². The van der Waals surface area contributed by atoms with Gasteiger partial charge in [-0.25, -0.2) is 14.4 Å². The number of epoxide rings is 2. The predicted molar refractivity (Wildman–Crippen MR) is 83.2 cm³/mol. The van der Waals surface area contributed by atoms with Gasteiger partial charge in [0.25, 0.3) is 0 Å². The van der Waals surface area contributed by atoms with E-state index in [9.17, 15) is 9.59 Å². The van der Waals surface area contributed by atoms with E-state index in [2.05, 4.69) is 18.9 Å². The van der Waals surface area contributed by atoms with E-state index in [0.29, 0.717) is 37.6 Å². The predicted octanol–water partition coefficient (Wildman–Crippen LogP) is 0.632. The number of ether oxygens (including phenoxy) is 4. The van der Waals surface area contributed by atoms with E-state index in [1.807, 2.05) is 0 Å². The summed E-state index contributed by atoms with van der Waals surface area (Å²) in [5.41, 5.74) is 4.89. The Morgan fingerprint density at radius 3 is 1.42 bits per heavy atom. The lowest BCUT2D eigenvalue weighted by Crippen LogP contribution is -2.09. The van der Waals surface area contributed by atoms with Crippen LogP contribution in [-0.2, 0) is 28.5 Å². The van der Waals surface area contributed by atoms with Crippen molar-refractivity contribution in [1.82, 2.24) is 0 Å². The number of primary amides is 1. The first kappa shape index (κ1) is 21.6. The second kappa shape index (κ2) is 11.2. The highest BCUT2D eigenvalue weighted by Gasteiger charge is 2.24. The fraction of sp³-hybridized carbons (Fsp3) is 0.533. The maximum Gasteiger partial charge on any atom is 0.402 e. The molecule has 2 atom stereocenters. The SMILES string of the molecule is C=C(C)C(=O)OCC1CO1.C=C(C)C(=O)OCC1CO1.NC(=O)O. The first-order valence-corrected chi connectivity index (χ1v) is 7.00. The van der Waals surface area contributed by atoms with Crippen molar-refractivity contribution in [2.24, 2.45) is 5.73 Å². The molecule has 2 fully saturated rings. The summed E-state index contributed by atoms with van der Waals surface area (Å²) in [4.78, 5) is 30.2. The molecule has 2 heterocycles. The molecule has 0 aliphatic carbocycles. The van der Waals surface area contributed by atoms with Crippen LogP contribution in [0.1, 0.15) is 13.8 Å². The molecule has 2 aliphatic rings. The van der Waals surface area contributed by atoms with Crippen LogP contribution in [-0.4, -0.2) is 61.8 Å². The van der Waals surface area contributed by atoms with Gasteiger partial charge in [0.05, 0.1) is 13.2 Å². The van der Waals surface area contributed by atoms with Gasteiger partial charge in [0, 0.05) is 11.1 Å². The van der Waals surface area contributed by atoms with Crippen molar-refractivity contribution in [3.05, 3.63) is 24.3 Å². The number of amides is 1. The lowest BCUT2D eigenvalue weighted by atomic mass is 10.4. The molecule has 9 nitrogen and oxygen atoms in total. The first-order chi connectivity index (χ1) is 11.1. The zero-order valence-electron chi connectivity index (χ0n) is 13.8. The number of rotatable bonds is 6. The summed E-state index contributed by atoms with van der Waals surface area (Å²) in [7, 11) is 0. The minimum atomic E-state index is -1.33. The molecule has 9 heteroatoms. The van der Waals surface area contributed by atoms with Crippen LogP contribution in [0.25, 0.3) is 0 Å². The Balaban J connectivity index is 0.000000363. The summed E-state index contributed by atoms with van der Waals surface area (Å²) in [6.07, 6.45) is -1.05. The highest BCUT2D eigenvalue weighted by molar-refractivity contribution is 5.87. The average molecular weight is 345 g/mol. The van der Waals surface area contributed by atoms with Gasteiger partial charge in [0.15, 0.2) is 0 Å². The van der Waals surface area contributed by atoms with Crippen molar-refractivity contribution >= 4 is 18.0 Å². The molecule has 0 aromatic rings. The molecule has 0 aromatic carbocycles. The molecule has 0 bridgehead atoms. The Labute approximate surface area is 140 Å². The number of nitrogens with two attached hydrogens (primary N) is 1. The smallest absolute Gasteiger partial charge is 0.402 e. The van der Waals surface area contributed by atoms with E-state index < -0.39 is 6.09 Å². The standard InChI is InChI=1S/2C7H10O3.CH3NO2/c2*1-5(2)7(8)10-4-6-3-9-6;2-1(3)4/h2*6H,1,3-4H2,2H3;2H2,(H,3,4). The zero-order valence-corrected chi connectivity index (χ0v) is 13.8. The second-order valence-electron chi connectivity index (χ2n) is 5.01. The van der Waals surface area contributed by atoms with Crippen molar-refractivity contribution in [2.45, 2.75) is 26.1 Å². The van der Waals surface area contributed by atoms with E-state index >= 15 is 0 Å². The van der Waals surface area contributed by atoms with E-state index in [1.54, 1.807) is 13.8 Å². The van der Waals surface area contributed by atoms with Gasteiger partial charge in [0.2, 0.25) is 0 Å². The van der Waals surface area contributed by atoms with Crippen molar-refractivity contribution in [3.63, 3.8) is 0 Å². The van der Waals surface area contributed by atoms with Gasteiger partial charge in [-0.2, -0.15) is 0 Å². The Kier molecular flexibility index (Phi) is 10.1. The summed E-state index contributed by atoms with van der Waals surface area (Å²) in [6, 6.07) is 0. The highest BCUT2D eigenvalue weighted by Crippen LogP contribution is 2.09. The maximum absolute atomic E-state index is 10.7. The molecule has 2 aliphatic heterocycles. The monoisotopic (exact) mass is 345 g/mol. The Morgan fingerprint density at radius 2 is 1.25 bits per heavy atom. The molecule has 2 saturated heterocycles.